The highest BCUT2D eigenvalue weighted by atomic mass is 32.1. The molecule has 0 aliphatic heterocycles. The SMILES string of the molecule is NCCCCc1nc2c(s1)CCCCCCCCCC2. The lowest BCUT2D eigenvalue weighted by Crippen LogP contribution is -1.99. The first kappa shape index (κ1) is 16.0. The molecule has 0 radical (unpaired) electrons. The summed E-state index contributed by atoms with van der Waals surface area (Å²) in [4.78, 5) is 6.52. The zero-order chi connectivity index (χ0) is 14.0. The Morgan fingerprint density at radius 2 is 1.50 bits per heavy atom. The van der Waals surface area contributed by atoms with E-state index in [1.165, 1.54) is 81.3 Å². The fourth-order valence-corrected chi connectivity index (χ4v) is 4.19. The van der Waals surface area contributed by atoms with Gasteiger partial charge in [0.25, 0.3) is 0 Å². The molecule has 1 aromatic rings. The molecular weight excluding hydrogens is 264 g/mol. The van der Waals surface area contributed by atoms with E-state index in [0.717, 1.165) is 19.4 Å². The minimum absolute atomic E-state index is 0.811. The minimum Gasteiger partial charge on any atom is -0.330 e. The lowest BCUT2D eigenvalue weighted by atomic mass is 10.0. The van der Waals surface area contributed by atoms with Crippen LogP contribution in [0.3, 0.4) is 0 Å². The summed E-state index contributed by atoms with van der Waals surface area (Å²) in [6.07, 6.45) is 17.2. The molecule has 0 spiro atoms. The van der Waals surface area contributed by atoms with Crippen molar-refractivity contribution in [2.45, 2.75) is 83.5 Å². The predicted octanol–water partition coefficient (Wildman–Crippen LogP) is 4.64. The second-order valence-electron chi connectivity index (χ2n) is 6.05. The summed E-state index contributed by atoms with van der Waals surface area (Å²) in [5.41, 5.74) is 7.01. The summed E-state index contributed by atoms with van der Waals surface area (Å²) < 4.78 is 0. The Hall–Kier alpha value is -0.410. The van der Waals surface area contributed by atoms with Crippen LogP contribution >= 0.6 is 11.3 Å². The van der Waals surface area contributed by atoms with Gasteiger partial charge in [-0.15, -0.1) is 11.3 Å². The largest absolute Gasteiger partial charge is 0.330 e. The number of aryl methyl sites for hydroxylation is 3. The Balaban J connectivity index is 1.94. The van der Waals surface area contributed by atoms with Gasteiger partial charge in [0.1, 0.15) is 0 Å². The van der Waals surface area contributed by atoms with Crippen LogP contribution in [0.15, 0.2) is 0 Å². The highest BCUT2D eigenvalue weighted by molar-refractivity contribution is 7.11. The van der Waals surface area contributed by atoms with Crippen LogP contribution in [0, 0.1) is 0 Å². The standard InChI is InChI=1S/C17H30N2S/c18-14-10-9-13-17-19-15-11-7-5-3-1-2-4-6-8-12-16(15)20-17/h1-14,18H2. The van der Waals surface area contributed by atoms with Gasteiger partial charge in [0, 0.05) is 4.88 Å². The van der Waals surface area contributed by atoms with Crippen LogP contribution in [0.5, 0.6) is 0 Å². The van der Waals surface area contributed by atoms with E-state index < -0.39 is 0 Å². The average molecular weight is 295 g/mol. The van der Waals surface area contributed by atoms with E-state index in [2.05, 4.69) is 0 Å². The maximum absolute atomic E-state index is 5.58. The van der Waals surface area contributed by atoms with E-state index in [1.807, 2.05) is 11.3 Å². The lowest BCUT2D eigenvalue weighted by molar-refractivity contribution is 0.559. The highest BCUT2D eigenvalue weighted by Crippen LogP contribution is 2.25. The topological polar surface area (TPSA) is 38.9 Å². The van der Waals surface area contributed by atoms with E-state index >= 15 is 0 Å². The molecule has 0 unspecified atom stereocenters. The van der Waals surface area contributed by atoms with Crippen LogP contribution in [0.1, 0.15) is 79.8 Å². The smallest absolute Gasteiger partial charge is 0.0931 e. The van der Waals surface area contributed by atoms with Crippen LogP contribution in [0.4, 0.5) is 0 Å². The minimum atomic E-state index is 0.811. The van der Waals surface area contributed by atoms with Gasteiger partial charge in [-0.1, -0.05) is 38.5 Å². The normalized spacial score (nSPS) is 18.1. The second kappa shape index (κ2) is 9.51. The van der Waals surface area contributed by atoms with Gasteiger partial charge in [0.15, 0.2) is 0 Å². The summed E-state index contributed by atoms with van der Waals surface area (Å²) in [6, 6.07) is 0. The van der Waals surface area contributed by atoms with Crippen LogP contribution in [0.25, 0.3) is 0 Å². The summed E-state index contributed by atoms with van der Waals surface area (Å²) in [5, 5.41) is 1.36. The van der Waals surface area contributed by atoms with Crippen molar-refractivity contribution in [2.75, 3.05) is 6.54 Å². The molecule has 2 nitrogen and oxygen atoms in total. The van der Waals surface area contributed by atoms with E-state index in [0.29, 0.717) is 0 Å². The molecule has 0 saturated heterocycles. The van der Waals surface area contributed by atoms with Gasteiger partial charge < -0.3 is 5.73 Å². The Morgan fingerprint density at radius 3 is 2.20 bits per heavy atom. The van der Waals surface area contributed by atoms with Crippen molar-refractivity contribution in [2.24, 2.45) is 5.73 Å². The number of unbranched alkanes of at least 4 members (excludes halogenated alkanes) is 1. The van der Waals surface area contributed by atoms with Gasteiger partial charge in [-0.25, -0.2) is 4.98 Å². The number of rotatable bonds is 4. The fraction of sp³-hybridized carbons (Fsp3) is 0.824. The van der Waals surface area contributed by atoms with Crippen molar-refractivity contribution in [3.05, 3.63) is 15.6 Å². The highest BCUT2D eigenvalue weighted by Gasteiger charge is 2.11. The molecule has 1 aromatic heterocycles. The van der Waals surface area contributed by atoms with Crippen molar-refractivity contribution in [3.63, 3.8) is 0 Å². The monoisotopic (exact) mass is 294 g/mol. The van der Waals surface area contributed by atoms with Gasteiger partial charge in [0.05, 0.1) is 10.7 Å². The molecule has 0 aromatic carbocycles. The van der Waals surface area contributed by atoms with E-state index in [4.69, 9.17) is 10.7 Å². The molecule has 0 saturated carbocycles. The molecule has 114 valence electrons. The van der Waals surface area contributed by atoms with Crippen LogP contribution in [-0.2, 0) is 19.3 Å². The first-order chi connectivity index (χ1) is 9.90. The van der Waals surface area contributed by atoms with Crippen LogP contribution in [-0.4, -0.2) is 11.5 Å². The van der Waals surface area contributed by atoms with Crippen molar-refractivity contribution in [1.29, 1.82) is 0 Å². The maximum atomic E-state index is 5.58. The molecule has 0 bridgehead atoms. The van der Waals surface area contributed by atoms with Crippen molar-refractivity contribution in [3.8, 4) is 0 Å². The number of thiazole rings is 1. The summed E-state index contributed by atoms with van der Waals surface area (Å²) in [7, 11) is 0. The van der Waals surface area contributed by atoms with Gasteiger partial charge >= 0.3 is 0 Å². The van der Waals surface area contributed by atoms with Crippen molar-refractivity contribution < 1.29 is 0 Å². The molecule has 0 amide bonds. The first-order valence-corrected chi connectivity index (χ1v) is 9.39. The number of fused-ring (bicyclic) bond motifs is 1. The molecule has 1 heterocycles. The molecule has 0 fully saturated rings. The first-order valence-electron chi connectivity index (χ1n) is 8.57. The predicted molar refractivity (Wildman–Crippen MR) is 88.5 cm³/mol. The maximum Gasteiger partial charge on any atom is 0.0931 e. The van der Waals surface area contributed by atoms with Gasteiger partial charge in [0.2, 0.25) is 0 Å². The third kappa shape index (κ3) is 5.53. The quantitative estimate of drug-likeness (QED) is 0.821. The van der Waals surface area contributed by atoms with E-state index in [1.54, 1.807) is 4.88 Å². The fourth-order valence-electron chi connectivity index (χ4n) is 2.99. The molecular formula is C17H30N2S. The van der Waals surface area contributed by atoms with Crippen LogP contribution < -0.4 is 5.73 Å². The summed E-state index contributed by atoms with van der Waals surface area (Å²) >= 11 is 1.98. The summed E-state index contributed by atoms with van der Waals surface area (Å²) in [6.45, 7) is 0.811. The second-order valence-corrected chi connectivity index (χ2v) is 7.22. The Morgan fingerprint density at radius 1 is 0.850 bits per heavy atom. The van der Waals surface area contributed by atoms with E-state index in [9.17, 15) is 0 Å². The molecule has 0 atom stereocenters. The number of hydrogen-bond acceptors (Lipinski definition) is 3. The number of hydrogen-bond donors (Lipinski definition) is 1. The molecule has 1 aliphatic carbocycles. The zero-order valence-corrected chi connectivity index (χ0v) is 13.6. The zero-order valence-electron chi connectivity index (χ0n) is 12.8. The third-order valence-electron chi connectivity index (χ3n) is 4.23. The van der Waals surface area contributed by atoms with Crippen LogP contribution in [0.2, 0.25) is 0 Å². The molecule has 1 aliphatic rings. The number of nitrogens with two attached hydrogens (primary N) is 1. The average Bonchev–Trinajstić information content (AvgIpc) is 2.81. The van der Waals surface area contributed by atoms with Gasteiger partial charge in [-0.2, -0.15) is 0 Å². The Bertz CT molecular complexity index is 344. The molecule has 2 rings (SSSR count). The molecule has 3 heteroatoms. The number of nitrogens with zero attached hydrogens (tertiary/aromatic N) is 1. The van der Waals surface area contributed by atoms with Gasteiger partial charge in [-0.3, -0.25) is 0 Å². The Labute approximate surface area is 128 Å². The van der Waals surface area contributed by atoms with E-state index in [-0.39, 0.29) is 0 Å². The number of aromatic nitrogens is 1. The molecule has 20 heavy (non-hydrogen) atoms. The van der Waals surface area contributed by atoms with Crippen molar-refractivity contribution in [1.82, 2.24) is 4.98 Å². The van der Waals surface area contributed by atoms with Crippen molar-refractivity contribution >= 4 is 11.3 Å². The lowest BCUT2D eigenvalue weighted by Gasteiger charge is -2.06. The summed E-state index contributed by atoms with van der Waals surface area (Å²) in [5.74, 6) is 0. The third-order valence-corrected chi connectivity index (χ3v) is 5.45. The Kier molecular flexibility index (Phi) is 7.60. The van der Waals surface area contributed by atoms with Gasteiger partial charge in [-0.05, 0) is 51.5 Å². The molecule has 2 N–H and O–H groups in total.